The maximum Gasteiger partial charge on any atom is 0.334 e. The van der Waals surface area contributed by atoms with E-state index >= 15 is 0 Å². The fourth-order valence-corrected chi connectivity index (χ4v) is 2.78. The molecule has 0 aromatic rings. The van der Waals surface area contributed by atoms with Crippen LogP contribution in [-0.4, -0.2) is 24.3 Å². The second-order valence-electron chi connectivity index (χ2n) is 6.86. The van der Waals surface area contributed by atoms with E-state index < -0.39 is 0 Å². The highest BCUT2D eigenvalue weighted by atomic mass is 16.5. The average Bonchev–Trinajstić information content (AvgIpc) is 2.09. The van der Waals surface area contributed by atoms with Crippen LogP contribution in [0.15, 0.2) is 11.1 Å². The molecule has 0 unspecified atom stereocenters. The van der Waals surface area contributed by atoms with Crippen molar-refractivity contribution in [2.45, 2.75) is 54.9 Å². The molecule has 0 heterocycles. The number of hydrogen-bond acceptors (Lipinski definition) is 3. The predicted molar refractivity (Wildman–Crippen MR) is 74.3 cm³/mol. The van der Waals surface area contributed by atoms with Crippen LogP contribution in [0.1, 0.15) is 54.9 Å². The largest absolute Gasteiger partial charge is 0.460 e. The van der Waals surface area contributed by atoms with Crippen LogP contribution in [-0.2, 0) is 9.53 Å². The van der Waals surface area contributed by atoms with E-state index in [1.165, 1.54) is 0 Å². The molecule has 0 aliphatic rings. The third-order valence-corrected chi connectivity index (χ3v) is 2.68. The standard InChI is InChI=1S/C15H28O3/c1-11(2)12(13(17)18-9-8-16)15(6,7)10-14(3,4)5/h16H,8-10H2,1-7H3. The quantitative estimate of drug-likeness (QED) is 0.606. The van der Waals surface area contributed by atoms with Gasteiger partial charge in [-0.3, -0.25) is 0 Å². The summed E-state index contributed by atoms with van der Waals surface area (Å²) in [5.74, 6) is -0.307. The van der Waals surface area contributed by atoms with Crippen LogP contribution >= 0.6 is 0 Å². The summed E-state index contributed by atoms with van der Waals surface area (Å²) in [5.41, 5.74) is 1.61. The molecule has 0 aromatic heterocycles. The Hall–Kier alpha value is -0.830. The Morgan fingerprint density at radius 1 is 1.11 bits per heavy atom. The minimum Gasteiger partial charge on any atom is -0.460 e. The van der Waals surface area contributed by atoms with Crippen molar-refractivity contribution in [2.24, 2.45) is 10.8 Å². The van der Waals surface area contributed by atoms with E-state index in [0.717, 1.165) is 17.6 Å². The predicted octanol–water partition coefficient (Wildman–Crippen LogP) is 3.32. The number of aliphatic hydroxyl groups excluding tert-OH is 1. The maximum absolute atomic E-state index is 12.1. The first kappa shape index (κ1) is 17.2. The molecule has 0 radical (unpaired) electrons. The Bertz CT molecular complexity index is 315. The summed E-state index contributed by atoms with van der Waals surface area (Å²) in [6, 6.07) is 0. The highest BCUT2D eigenvalue weighted by molar-refractivity contribution is 5.90. The molecule has 106 valence electrons. The zero-order valence-electron chi connectivity index (χ0n) is 12.9. The number of hydrogen-bond donors (Lipinski definition) is 1. The van der Waals surface area contributed by atoms with Gasteiger partial charge in [0.1, 0.15) is 6.61 Å². The third kappa shape index (κ3) is 5.67. The van der Waals surface area contributed by atoms with E-state index in [2.05, 4.69) is 34.6 Å². The molecule has 3 nitrogen and oxygen atoms in total. The van der Waals surface area contributed by atoms with Gasteiger partial charge in [-0.15, -0.1) is 0 Å². The second-order valence-corrected chi connectivity index (χ2v) is 6.86. The van der Waals surface area contributed by atoms with E-state index in [1.807, 2.05) is 13.8 Å². The lowest BCUT2D eigenvalue weighted by molar-refractivity contribution is -0.141. The lowest BCUT2D eigenvalue weighted by Gasteiger charge is -2.34. The number of carbonyl (C=O) groups excluding carboxylic acids is 1. The zero-order valence-corrected chi connectivity index (χ0v) is 12.9. The van der Waals surface area contributed by atoms with Gasteiger partial charge in [-0.1, -0.05) is 40.2 Å². The minimum atomic E-state index is -0.307. The number of aliphatic hydroxyl groups is 1. The summed E-state index contributed by atoms with van der Waals surface area (Å²) >= 11 is 0. The molecule has 0 rings (SSSR count). The molecule has 0 saturated carbocycles. The highest BCUT2D eigenvalue weighted by Crippen LogP contribution is 2.40. The highest BCUT2D eigenvalue weighted by Gasteiger charge is 2.34. The molecule has 1 N–H and O–H groups in total. The third-order valence-electron chi connectivity index (χ3n) is 2.68. The van der Waals surface area contributed by atoms with Gasteiger partial charge in [-0.2, -0.15) is 0 Å². The number of esters is 1. The molecule has 0 fully saturated rings. The molecule has 3 heteroatoms. The monoisotopic (exact) mass is 256 g/mol. The van der Waals surface area contributed by atoms with Gasteiger partial charge in [0, 0.05) is 5.57 Å². The van der Waals surface area contributed by atoms with Crippen LogP contribution < -0.4 is 0 Å². The molecule has 0 atom stereocenters. The van der Waals surface area contributed by atoms with Crippen LogP contribution in [0.5, 0.6) is 0 Å². The summed E-state index contributed by atoms with van der Waals surface area (Å²) in [4.78, 5) is 12.1. The van der Waals surface area contributed by atoms with Gasteiger partial charge in [-0.25, -0.2) is 4.79 Å². The molecule has 0 aromatic carbocycles. The van der Waals surface area contributed by atoms with Crippen molar-refractivity contribution in [3.05, 3.63) is 11.1 Å². The first-order chi connectivity index (χ1) is 8.01. The van der Waals surface area contributed by atoms with E-state index in [-0.39, 0.29) is 30.0 Å². The molecule has 0 bridgehead atoms. The second kappa shape index (κ2) is 6.37. The number of rotatable bonds is 5. The fourth-order valence-electron chi connectivity index (χ4n) is 2.78. The van der Waals surface area contributed by atoms with Crippen LogP contribution in [0.25, 0.3) is 0 Å². The first-order valence-electron chi connectivity index (χ1n) is 6.47. The topological polar surface area (TPSA) is 46.5 Å². The first-order valence-corrected chi connectivity index (χ1v) is 6.47. The van der Waals surface area contributed by atoms with Crippen molar-refractivity contribution < 1.29 is 14.6 Å². The molecule has 0 saturated heterocycles. The lowest BCUT2D eigenvalue weighted by Crippen LogP contribution is -2.29. The van der Waals surface area contributed by atoms with Crippen LogP contribution in [0, 0.1) is 10.8 Å². The van der Waals surface area contributed by atoms with Crippen molar-refractivity contribution in [2.75, 3.05) is 13.2 Å². The van der Waals surface area contributed by atoms with Gasteiger partial charge in [0.2, 0.25) is 0 Å². The Morgan fingerprint density at radius 3 is 1.94 bits per heavy atom. The van der Waals surface area contributed by atoms with Crippen LogP contribution in [0.4, 0.5) is 0 Å². The van der Waals surface area contributed by atoms with Crippen molar-refractivity contribution in [1.29, 1.82) is 0 Å². The van der Waals surface area contributed by atoms with Gasteiger partial charge >= 0.3 is 5.97 Å². The number of ether oxygens (including phenoxy) is 1. The SMILES string of the molecule is CC(C)=C(C(=O)OCCO)C(C)(C)CC(C)(C)C. The smallest absolute Gasteiger partial charge is 0.334 e. The van der Waals surface area contributed by atoms with Crippen molar-refractivity contribution in [3.8, 4) is 0 Å². The van der Waals surface area contributed by atoms with E-state index in [1.54, 1.807) is 0 Å². The minimum absolute atomic E-state index is 0.0568. The average molecular weight is 256 g/mol. The Balaban J connectivity index is 5.14. The molecule has 0 spiro atoms. The van der Waals surface area contributed by atoms with Gasteiger partial charge in [0.05, 0.1) is 6.61 Å². The van der Waals surface area contributed by atoms with Crippen molar-refractivity contribution in [3.63, 3.8) is 0 Å². The summed E-state index contributed by atoms with van der Waals surface area (Å²) in [5, 5.41) is 8.73. The molecule has 18 heavy (non-hydrogen) atoms. The Morgan fingerprint density at radius 2 is 1.61 bits per heavy atom. The van der Waals surface area contributed by atoms with E-state index in [4.69, 9.17) is 9.84 Å². The normalized spacial score (nSPS) is 12.2. The van der Waals surface area contributed by atoms with Gasteiger partial charge in [0.25, 0.3) is 0 Å². The molecular weight excluding hydrogens is 228 g/mol. The van der Waals surface area contributed by atoms with Gasteiger partial charge in [-0.05, 0) is 31.1 Å². The summed E-state index contributed by atoms with van der Waals surface area (Å²) in [6.07, 6.45) is 0.898. The molecular formula is C15H28O3. The van der Waals surface area contributed by atoms with Gasteiger partial charge in [0.15, 0.2) is 0 Å². The zero-order chi connectivity index (χ0) is 14.6. The fraction of sp³-hybridized carbons (Fsp3) is 0.800. The van der Waals surface area contributed by atoms with Crippen molar-refractivity contribution >= 4 is 5.97 Å². The maximum atomic E-state index is 12.1. The van der Waals surface area contributed by atoms with Gasteiger partial charge < -0.3 is 9.84 Å². The molecule has 0 amide bonds. The van der Waals surface area contributed by atoms with E-state index in [0.29, 0.717) is 0 Å². The molecule has 0 aliphatic heterocycles. The van der Waals surface area contributed by atoms with Crippen LogP contribution in [0.2, 0.25) is 0 Å². The Labute approximate surface area is 111 Å². The summed E-state index contributed by atoms with van der Waals surface area (Å²) < 4.78 is 5.07. The lowest BCUT2D eigenvalue weighted by atomic mass is 9.71. The number of carbonyl (C=O) groups is 1. The summed E-state index contributed by atoms with van der Waals surface area (Å²) in [7, 11) is 0. The van der Waals surface area contributed by atoms with E-state index in [9.17, 15) is 4.79 Å². The Kier molecular flexibility index (Phi) is 6.08. The van der Waals surface area contributed by atoms with Crippen molar-refractivity contribution in [1.82, 2.24) is 0 Å². The number of allylic oxidation sites excluding steroid dienone is 1. The summed E-state index contributed by atoms with van der Waals surface area (Å²) in [6.45, 7) is 14.4. The van der Waals surface area contributed by atoms with Crippen LogP contribution in [0.3, 0.4) is 0 Å². The molecule has 0 aliphatic carbocycles.